The molecule has 1 unspecified atom stereocenters. The number of carbonyl (C=O) groups is 1. The van der Waals surface area contributed by atoms with Gasteiger partial charge in [-0.05, 0) is 30.0 Å². The lowest BCUT2D eigenvalue weighted by Gasteiger charge is -2.34. The Morgan fingerprint density at radius 1 is 1.26 bits per heavy atom. The number of rotatable bonds is 6. The van der Waals surface area contributed by atoms with Crippen molar-refractivity contribution in [3.8, 4) is 0 Å². The molecule has 0 spiro atoms. The molecule has 8 heteroatoms. The van der Waals surface area contributed by atoms with Crippen molar-refractivity contribution in [1.82, 2.24) is 9.88 Å². The van der Waals surface area contributed by atoms with Gasteiger partial charge in [0.05, 0.1) is 11.1 Å². The van der Waals surface area contributed by atoms with Crippen molar-refractivity contribution in [3.05, 3.63) is 75.4 Å². The molecule has 0 aliphatic rings. The van der Waals surface area contributed by atoms with Crippen LogP contribution in [0.2, 0.25) is 5.02 Å². The summed E-state index contributed by atoms with van der Waals surface area (Å²) in [6, 6.07) is 10.6. The number of hydrogen-bond donors (Lipinski definition) is 3. The summed E-state index contributed by atoms with van der Waals surface area (Å²) >= 11 is 5.86. The third-order valence-electron chi connectivity index (χ3n) is 5.30. The van der Waals surface area contributed by atoms with Crippen LogP contribution >= 0.6 is 11.6 Å². The smallest absolute Gasteiger partial charge is 0.396 e. The van der Waals surface area contributed by atoms with Crippen LogP contribution in [0.3, 0.4) is 0 Å². The van der Waals surface area contributed by atoms with Gasteiger partial charge in [0.15, 0.2) is 0 Å². The number of pyridine rings is 1. The first kappa shape index (κ1) is 22.9. The summed E-state index contributed by atoms with van der Waals surface area (Å²) in [7, 11) is 0. The molecule has 31 heavy (non-hydrogen) atoms. The second-order valence-electron chi connectivity index (χ2n) is 8.40. The second-order valence-corrected chi connectivity index (χ2v) is 8.81. The van der Waals surface area contributed by atoms with E-state index in [4.69, 9.17) is 11.6 Å². The molecule has 3 aromatic rings. The Hall–Kier alpha value is -2.74. The van der Waals surface area contributed by atoms with E-state index in [1.807, 2.05) is 32.9 Å². The number of halogens is 2. The van der Waals surface area contributed by atoms with Crippen LogP contribution in [0.15, 0.2) is 53.5 Å². The van der Waals surface area contributed by atoms with Gasteiger partial charge in [-0.15, -0.1) is 0 Å². The van der Waals surface area contributed by atoms with Crippen LogP contribution in [0, 0.1) is 11.2 Å². The van der Waals surface area contributed by atoms with E-state index in [1.165, 1.54) is 23.5 Å². The lowest BCUT2D eigenvalue weighted by Crippen LogP contribution is -2.86. The Balaban J connectivity index is 2.00. The number of aromatic nitrogens is 1. The topological polar surface area (TPSA) is 90.0 Å². The molecule has 164 valence electrons. The molecule has 2 aromatic carbocycles. The van der Waals surface area contributed by atoms with Crippen LogP contribution in [-0.4, -0.2) is 34.2 Å². The zero-order valence-corrected chi connectivity index (χ0v) is 18.4. The first-order chi connectivity index (χ1) is 14.6. The Bertz CT molecular complexity index is 1160. The zero-order chi connectivity index (χ0) is 22.8. The summed E-state index contributed by atoms with van der Waals surface area (Å²) in [6.45, 7) is 5.75. The molecule has 0 aliphatic carbocycles. The first-order valence-corrected chi connectivity index (χ1v) is 10.3. The van der Waals surface area contributed by atoms with Gasteiger partial charge in [-0.2, -0.15) is 0 Å². The van der Waals surface area contributed by atoms with E-state index >= 15 is 0 Å². The van der Waals surface area contributed by atoms with Crippen LogP contribution in [0.5, 0.6) is 0 Å². The number of quaternary nitrogens is 1. The number of aliphatic hydroxyl groups is 1. The molecular weight excluding hydrogens is 421 g/mol. The molecule has 1 heterocycles. The van der Waals surface area contributed by atoms with Crippen LogP contribution in [0.1, 0.15) is 32.4 Å². The molecule has 0 saturated carbocycles. The summed E-state index contributed by atoms with van der Waals surface area (Å²) in [6.07, 6.45) is 1.62. The van der Waals surface area contributed by atoms with Gasteiger partial charge in [0.25, 0.3) is 5.56 Å². The van der Waals surface area contributed by atoms with Gasteiger partial charge >= 0.3 is 6.03 Å². The lowest BCUT2D eigenvalue weighted by atomic mass is 9.92. The van der Waals surface area contributed by atoms with Gasteiger partial charge < -0.3 is 10.1 Å². The molecule has 0 aliphatic heterocycles. The van der Waals surface area contributed by atoms with Gasteiger partial charge in [0.2, 0.25) is 0 Å². The maximum absolute atomic E-state index is 13.5. The number of benzene rings is 2. The number of nitrogens with one attached hydrogen (secondary N) is 1. The van der Waals surface area contributed by atoms with E-state index < -0.39 is 17.3 Å². The largest absolute Gasteiger partial charge is 0.421 e. The summed E-state index contributed by atoms with van der Waals surface area (Å²) < 4.78 is 13.5. The van der Waals surface area contributed by atoms with Crippen molar-refractivity contribution in [2.75, 3.05) is 13.2 Å². The van der Waals surface area contributed by atoms with E-state index in [0.717, 1.165) is 10.9 Å². The fraction of sp³-hybridized carbons (Fsp3) is 0.304. The predicted octanol–water partition coefficient (Wildman–Crippen LogP) is 3.72. The Morgan fingerprint density at radius 2 is 1.94 bits per heavy atom. The Kier molecular flexibility index (Phi) is 6.79. The number of amides is 2. The normalized spacial score (nSPS) is 12.7. The second kappa shape index (κ2) is 9.18. The van der Waals surface area contributed by atoms with Gasteiger partial charge in [-0.25, -0.2) is 14.5 Å². The molecule has 0 fully saturated rings. The molecule has 0 radical (unpaired) electrons. The zero-order valence-electron chi connectivity index (χ0n) is 17.7. The maximum atomic E-state index is 13.5. The summed E-state index contributed by atoms with van der Waals surface area (Å²) in [5.74, 6) is -0.558. The van der Waals surface area contributed by atoms with E-state index in [2.05, 4.69) is 4.98 Å². The average molecular weight is 447 g/mol. The highest BCUT2D eigenvalue weighted by molar-refractivity contribution is 6.30. The predicted molar refractivity (Wildman–Crippen MR) is 119 cm³/mol. The minimum absolute atomic E-state index is 0.0662. The number of nitrogens with two attached hydrogens (primary N) is 1. The number of H-pyrrole nitrogens is 1. The molecular formula is C23H26ClFN3O3+. The van der Waals surface area contributed by atoms with Crippen LogP contribution < -0.4 is 10.9 Å². The van der Waals surface area contributed by atoms with Crippen LogP contribution in [0.25, 0.3) is 10.8 Å². The van der Waals surface area contributed by atoms with Crippen LogP contribution in [0.4, 0.5) is 14.9 Å². The van der Waals surface area contributed by atoms with Crippen molar-refractivity contribution < 1.29 is 19.6 Å². The summed E-state index contributed by atoms with van der Waals surface area (Å²) in [4.78, 5) is 29.9. The number of fused-ring (bicyclic) bond motifs is 1. The number of aliphatic hydroxyl groups excluding tert-OH is 1. The molecule has 4 N–H and O–H groups in total. The standard InChI is InChI=1S/C23H25ClFN3O3/c1-14(18-11-26-21(30)17-7-5-4-6-16(17)18)28(12-23(2,3)13-29)22(31)27-15-8-9-20(25)19(24)10-15/h4-11,14,29H,12-13H2,1-3H3,(H,26,30)(H,27,31)/p+1. The molecule has 2 amide bonds. The fourth-order valence-electron chi connectivity index (χ4n) is 3.49. The molecule has 0 bridgehead atoms. The molecule has 6 nitrogen and oxygen atoms in total. The minimum Gasteiger partial charge on any atom is -0.396 e. The van der Waals surface area contributed by atoms with Crippen molar-refractivity contribution in [3.63, 3.8) is 0 Å². The monoisotopic (exact) mass is 446 g/mol. The quantitative estimate of drug-likeness (QED) is 0.504. The number of carbonyl (C=O) groups excluding carboxylic acids is 1. The van der Waals surface area contributed by atoms with E-state index in [1.54, 1.807) is 23.2 Å². The minimum atomic E-state index is -0.559. The molecule has 0 saturated heterocycles. The number of urea groups is 1. The summed E-state index contributed by atoms with van der Waals surface area (Å²) in [5.41, 5.74) is 0.494. The SMILES string of the molecule is CC(c1c[nH]c(=O)c2ccccc12)N(CC(C)(C)CO)C(=O)[NH2+]c1ccc(F)c(Cl)c1. The van der Waals surface area contributed by atoms with Crippen molar-refractivity contribution in [2.24, 2.45) is 5.41 Å². The van der Waals surface area contributed by atoms with E-state index in [0.29, 0.717) is 11.1 Å². The van der Waals surface area contributed by atoms with E-state index in [-0.39, 0.29) is 29.8 Å². The highest BCUT2D eigenvalue weighted by atomic mass is 35.5. The Morgan fingerprint density at radius 3 is 2.58 bits per heavy atom. The van der Waals surface area contributed by atoms with Crippen LogP contribution in [-0.2, 0) is 0 Å². The average Bonchev–Trinajstić information content (AvgIpc) is 2.74. The number of hydrogen-bond acceptors (Lipinski definition) is 3. The summed E-state index contributed by atoms with van der Waals surface area (Å²) in [5, 5.41) is 12.4. The Labute approximate surface area is 184 Å². The van der Waals surface area contributed by atoms with Crippen molar-refractivity contribution >= 4 is 34.1 Å². The fourth-order valence-corrected chi connectivity index (χ4v) is 3.68. The van der Waals surface area contributed by atoms with E-state index in [9.17, 15) is 19.1 Å². The van der Waals surface area contributed by atoms with Gasteiger partial charge in [-0.1, -0.05) is 43.6 Å². The maximum Gasteiger partial charge on any atom is 0.421 e. The highest BCUT2D eigenvalue weighted by Crippen LogP contribution is 2.29. The van der Waals surface area contributed by atoms with Crippen molar-refractivity contribution in [1.29, 1.82) is 0 Å². The number of nitrogens with zero attached hydrogens (tertiary/aromatic N) is 1. The highest BCUT2D eigenvalue weighted by Gasteiger charge is 2.32. The van der Waals surface area contributed by atoms with Gasteiger partial charge in [0, 0.05) is 42.3 Å². The third kappa shape index (κ3) is 5.12. The molecule has 1 aromatic heterocycles. The molecule has 1 atom stereocenters. The number of aromatic amines is 1. The lowest BCUT2D eigenvalue weighted by molar-refractivity contribution is -0.474. The van der Waals surface area contributed by atoms with Gasteiger partial charge in [-0.3, -0.25) is 9.69 Å². The van der Waals surface area contributed by atoms with Crippen molar-refractivity contribution in [2.45, 2.75) is 26.8 Å². The van der Waals surface area contributed by atoms with Gasteiger partial charge in [0.1, 0.15) is 11.5 Å². The molecule has 3 rings (SSSR count). The number of primary amides is 1. The first-order valence-electron chi connectivity index (χ1n) is 9.94. The third-order valence-corrected chi connectivity index (χ3v) is 5.59.